The summed E-state index contributed by atoms with van der Waals surface area (Å²) >= 11 is 0. The molecular weight excluding hydrogens is 234 g/mol. The molecule has 1 amide bonds. The Hall–Kier alpha value is -2.04. The predicted octanol–water partition coefficient (Wildman–Crippen LogP) is 1.47. The first-order valence-corrected chi connectivity index (χ1v) is 5.86. The van der Waals surface area contributed by atoms with Crippen molar-refractivity contribution in [1.82, 2.24) is 5.32 Å². The fraction of sp³-hybridized carbons (Fsp3) is 0.385. The molecule has 18 heavy (non-hydrogen) atoms. The van der Waals surface area contributed by atoms with E-state index in [0.29, 0.717) is 12.1 Å². The van der Waals surface area contributed by atoms with E-state index in [0.717, 1.165) is 12.8 Å². The smallest absolute Gasteiger partial charge is 0.338 e. The highest BCUT2D eigenvalue weighted by atomic mass is 16.5. The van der Waals surface area contributed by atoms with Gasteiger partial charge in [0.15, 0.2) is 6.61 Å². The summed E-state index contributed by atoms with van der Waals surface area (Å²) < 4.78 is 4.83. The van der Waals surface area contributed by atoms with Crippen LogP contribution < -0.4 is 5.32 Å². The number of amides is 1. The Morgan fingerprint density at radius 3 is 2.56 bits per heavy atom. The van der Waals surface area contributed by atoms with Gasteiger partial charge in [-0.2, -0.15) is 0 Å². The fourth-order valence-corrected chi connectivity index (χ4v) is 1.27. The molecule has 2 N–H and O–H groups in total. The molecule has 1 aromatic rings. The highest BCUT2D eigenvalue weighted by Crippen LogP contribution is 2.10. The molecule has 98 valence electrons. The van der Waals surface area contributed by atoms with E-state index in [1.54, 1.807) is 0 Å². The van der Waals surface area contributed by atoms with Gasteiger partial charge in [0.2, 0.25) is 0 Å². The van der Waals surface area contributed by atoms with Gasteiger partial charge < -0.3 is 15.2 Å². The number of unbranched alkanes of at least 4 members (excludes halogenated alkanes) is 1. The molecule has 0 unspecified atom stereocenters. The number of phenolic OH excluding ortho intramolecular Hbond substituents is 1. The normalized spacial score (nSPS) is 9.83. The molecule has 0 saturated carbocycles. The Kier molecular flexibility index (Phi) is 5.70. The lowest BCUT2D eigenvalue weighted by Gasteiger charge is -2.06. The van der Waals surface area contributed by atoms with Crippen LogP contribution in [0.15, 0.2) is 24.3 Å². The van der Waals surface area contributed by atoms with Crippen molar-refractivity contribution in [3.8, 4) is 5.75 Å². The first-order valence-electron chi connectivity index (χ1n) is 5.86. The van der Waals surface area contributed by atoms with Crippen LogP contribution in [0.4, 0.5) is 0 Å². The number of hydrogen-bond acceptors (Lipinski definition) is 4. The molecule has 0 fully saturated rings. The second-order valence-electron chi connectivity index (χ2n) is 3.83. The number of rotatable bonds is 6. The molecule has 0 aliphatic heterocycles. The summed E-state index contributed by atoms with van der Waals surface area (Å²) in [4.78, 5) is 22.8. The summed E-state index contributed by atoms with van der Waals surface area (Å²) in [5.41, 5.74) is 0.300. The van der Waals surface area contributed by atoms with E-state index in [1.807, 2.05) is 6.92 Å². The molecule has 0 radical (unpaired) electrons. The zero-order valence-electron chi connectivity index (χ0n) is 10.3. The van der Waals surface area contributed by atoms with E-state index in [4.69, 9.17) is 9.84 Å². The van der Waals surface area contributed by atoms with Crippen molar-refractivity contribution in [3.05, 3.63) is 29.8 Å². The third kappa shape index (κ3) is 4.86. The summed E-state index contributed by atoms with van der Waals surface area (Å²) in [5.74, 6) is -0.819. The average molecular weight is 251 g/mol. The van der Waals surface area contributed by atoms with Gasteiger partial charge in [-0.05, 0) is 30.7 Å². The van der Waals surface area contributed by atoms with Gasteiger partial charge in [0.1, 0.15) is 5.75 Å². The molecular formula is C13H17NO4. The minimum Gasteiger partial charge on any atom is -0.508 e. The van der Waals surface area contributed by atoms with Crippen LogP contribution in [0.1, 0.15) is 30.1 Å². The second kappa shape index (κ2) is 7.32. The first kappa shape index (κ1) is 14.0. The summed E-state index contributed by atoms with van der Waals surface area (Å²) in [6, 6.07) is 5.65. The van der Waals surface area contributed by atoms with Gasteiger partial charge in [-0.3, -0.25) is 4.79 Å². The molecule has 5 nitrogen and oxygen atoms in total. The molecule has 0 spiro atoms. The second-order valence-corrected chi connectivity index (χ2v) is 3.83. The lowest BCUT2D eigenvalue weighted by molar-refractivity contribution is -0.124. The van der Waals surface area contributed by atoms with Crippen molar-refractivity contribution in [2.75, 3.05) is 13.2 Å². The standard InChI is InChI=1S/C13H17NO4/c1-2-3-8-14-12(16)9-18-13(17)10-4-6-11(15)7-5-10/h4-7,15H,2-3,8-9H2,1H3,(H,14,16). The van der Waals surface area contributed by atoms with Gasteiger partial charge in [0.25, 0.3) is 5.91 Å². The van der Waals surface area contributed by atoms with Crippen molar-refractivity contribution in [1.29, 1.82) is 0 Å². The van der Waals surface area contributed by atoms with Gasteiger partial charge >= 0.3 is 5.97 Å². The lowest BCUT2D eigenvalue weighted by atomic mass is 10.2. The quantitative estimate of drug-likeness (QED) is 0.593. The van der Waals surface area contributed by atoms with E-state index in [1.165, 1.54) is 24.3 Å². The van der Waals surface area contributed by atoms with Crippen LogP contribution >= 0.6 is 0 Å². The number of carbonyl (C=O) groups is 2. The van der Waals surface area contributed by atoms with Crippen molar-refractivity contribution in [3.63, 3.8) is 0 Å². The largest absolute Gasteiger partial charge is 0.508 e. The number of benzene rings is 1. The Balaban J connectivity index is 2.32. The first-order chi connectivity index (χ1) is 8.63. The maximum absolute atomic E-state index is 11.5. The molecule has 0 aromatic heterocycles. The zero-order valence-corrected chi connectivity index (χ0v) is 10.3. The molecule has 1 rings (SSSR count). The van der Waals surface area contributed by atoms with Crippen LogP contribution in [0.2, 0.25) is 0 Å². The van der Waals surface area contributed by atoms with Crippen molar-refractivity contribution < 1.29 is 19.4 Å². The van der Waals surface area contributed by atoms with E-state index >= 15 is 0 Å². The monoisotopic (exact) mass is 251 g/mol. The van der Waals surface area contributed by atoms with Crippen LogP contribution in [0.3, 0.4) is 0 Å². The van der Waals surface area contributed by atoms with Gasteiger partial charge in [-0.15, -0.1) is 0 Å². The Morgan fingerprint density at radius 1 is 1.28 bits per heavy atom. The van der Waals surface area contributed by atoms with Crippen molar-refractivity contribution in [2.45, 2.75) is 19.8 Å². The molecule has 1 aromatic carbocycles. The average Bonchev–Trinajstić information content (AvgIpc) is 2.37. The van der Waals surface area contributed by atoms with E-state index in [2.05, 4.69) is 5.32 Å². The van der Waals surface area contributed by atoms with Gasteiger partial charge in [-0.1, -0.05) is 13.3 Å². The predicted molar refractivity (Wildman–Crippen MR) is 66.3 cm³/mol. The topological polar surface area (TPSA) is 75.6 Å². The molecule has 0 atom stereocenters. The van der Waals surface area contributed by atoms with Gasteiger partial charge in [0.05, 0.1) is 5.56 Å². The Labute approximate surface area is 106 Å². The summed E-state index contributed by atoms with van der Waals surface area (Å²) in [7, 11) is 0. The van der Waals surface area contributed by atoms with Crippen molar-refractivity contribution >= 4 is 11.9 Å². The molecule has 0 saturated heterocycles. The summed E-state index contributed by atoms with van der Waals surface area (Å²) in [6.45, 7) is 2.33. The number of aromatic hydroxyl groups is 1. The van der Waals surface area contributed by atoms with Gasteiger partial charge in [0, 0.05) is 6.54 Å². The molecule has 5 heteroatoms. The zero-order chi connectivity index (χ0) is 13.4. The Bertz CT molecular complexity index is 400. The van der Waals surface area contributed by atoms with Crippen LogP contribution in [0.5, 0.6) is 5.75 Å². The van der Waals surface area contributed by atoms with Crippen LogP contribution in [-0.2, 0) is 9.53 Å². The molecule has 0 bridgehead atoms. The number of nitrogens with one attached hydrogen (secondary N) is 1. The maximum Gasteiger partial charge on any atom is 0.338 e. The molecule has 0 heterocycles. The van der Waals surface area contributed by atoms with Crippen molar-refractivity contribution in [2.24, 2.45) is 0 Å². The van der Waals surface area contributed by atoms with E-state index in [9.17, 15) is 9.59 Å². The van der Waals surface area contributed by atoms with Crippen LogP contribution in [0, 0.1) is 0 Å². The summed E-state index contributed by atoms with van der Waals surface area (Å²) in [5, 5.41) is 11.7. The highest BCUT2D eigenvalue weighted by Gasteiger charge is 2.09. The fourth-order valence-electron chi connectivity index (χ4n) is 1.27. The maximum atomic E-state index is 11.5. The minimum atomic E-state index is -0.583. The van der Waals surface area contributed by atoms with E-state index < -0.39 is 5.97 Å². The number of carbonyl (C=O) groups excluding carboxylic acids is 2. The third-order valence-electron chi connectivity index (χ3n) is 2.29. The highest BCUT2D eigenvalue weighted by molar-refractivity contribution is 5.91. The van der Waals surface area contributed by atoms with Gasteiger partial charge in [-0.25, -0.2) is 4.79 Å². The molecule has 0 aliphatic rings. The van der Waals surface area contributed by atoms with Crippen LogP contribution in [-0.4, -0.2) is 30.1 Å². The SMILES string of the molecule is CCCCNC(=O)COC(=O)c1ccc(O)cc1. The van der Waals surface area contributed by atoms with Crippen LogP contribution in [0.25, 0.3) is 0 Å². The number of phenols is 1. The lowest BCUT2D eigenvalue weighted by Crippen LogP contribution is -2.29. The van der Waals surface area contributed by atoms with E-state index in [-0.39, 0.29) is 18.3 Å². The summed E-state index contributed by atoms with van der Waals surface area (Å²) in [6.07, 6.45) is 1.89. The number of esters is 1. The number of ether oxygens (including phenoxy) is 1. The Morgan fingerprint density at radius 2 is 1.94 bits per heavy atom. The number of hydrogen-bond donors (Lipinski definition) is 2. The third-order valence-corrected chi connectivity index (χ3v) is 2.29. The minimum absolute atomic E-state index is 0.0730. The molecule has 0 aliphatic carbocycles.